The van der Waals surface area contributed by atoms with E-state index in [2.05, 4.69) is 5.11 Å². The highest BCUT2D eigenvalue weighted by atomic mass is 16.9. The van der Waals surface area contributed by atoms with E-state index in [4.69, 9.17) is 4.84 Å². The van der Waals surface area contributed by atoms with Crippen molar-refractivity contribution in [1.29, 1.82) is 0 Å². The third-order valence-electron chi connectivity index (χ3n) is 1.62. The van der Waals surface area contributed by atoms with Crippen molar-refractivity contribution in [2.75, 3.05) is 6.54 Å². The minimum absolute atomic E-state index is 0.261. The molecule has 0 N–H and O–H groups in total. The molecule has 1 aromatic rings. The van der Waals surface area contributed by atoms with Gasteiger partial charge in [0.05, 0.1) is 6.61 Å². The molecular formula is C10H14N2O2. The van der Waals surface area contributed by atoms with Crippen molar-refractivity contribution in [1.82, 2.24) is 0 Å². The van der Waals surface area contributed by atoms with Gasteiger partial charge in [0.1, 0.15) is 6.54 Å². The summed E-state index contributed by atoms with van der Waals surface area (Å²) in [6, 6.07) is 9.51. The van der Waals surface area contributed by atoms with E-state index in [9.17, 15) is 5.21 Å². The molecule has 0 fully saturated rings. The average Bonchev–Trinajstić information content (AvgIpc) is 2.25. The fraction of sp³-hybridized carbons (Fsp3) is 0.400. The van der Waals surface area contributed by atoms with Crippen LogP contribution >= 0.6 is 0 Å². The SMILES string of the molecule is CCCN=[N+]([O-])OCc1ccccc1. The molecule has 0 amide bonds. The number of nitrogens with zero attached hydrogens (tertiary/aromatic N) is 2. The van der Waals surface area contributed by atoms with Crippen molar-refractivity contribution in [2.24, 2.45) is 5.11 Å². The predicted octanol–water partition coefficient (Wildman–Crippen LogP) is 2.49. The minimum Gasteiger partial charge on any atom is -0.376 e. The lowest BCUT2D eigenvalue weighted by molar-refractivity contribution is -0.795. The maximum atomic E-state index is 10.9. The van der Waals surface area contributed by atoms with E-state index in [-0.39, 0.29) is 11.6 Å². The van der Waals surface area contributed by atoms with Crippen molar-refractivity contribution in [3.63, 3.8) is 0 Å². The van der Waals surface area contributed by atoms with Gasteiger partial charge in [-0.15, -0.1) is 0 Å². The Balaban J connectivity index is 2.34. The normalized spacial score (nSPS) is 11.4. The Kier molecular flexibility index (Phi) is 4.47. The lowest BCUT2D eigenvalue weighted by Gasteiger charge is -2.02. The summed E-state index contributed by atoms with van der Waals surface area (Å²) in [4.78, 5) is 4.84. The molecule has 0 atom stereocenters. The molecule has 4 heteroatoms. The third-order valence-corrected chi connectivity index (χ3v) is 1.62. The van der Waals surface area contributed by atoms with Crippen LogP contribution in [0.15, 0.2) is 35.4 Å². The Morgan fingerprint density at radius 2 is 2.07 bits per heavy atom. The number of rotatable bonds is 5. The largest absolute Gasteiger partial charge is 0.376 e. The monoisotopic (exact) mass is 194 g/mol. The first-order valence-corrected chi connectivity index (χ1v) is 4.64. The standard InChI is InChI=1S/C10H14N2O2/c1-2-8-11-12(13)14-9-10-6-4-3-5-7-10/h3-7H,2,8-9H2,1H3. The molecule has 0 saturated carbocycles. The molecule has 0 aliphatic rings. The number of benzene rings is 1. The second kappa shape index (κ2) is 5.96. The Hall–Kier alpha value is -1.58. The molecule has 0 heterocycles. The van der Waals surface area contributed by atoms with Crippen LogP contribution in [0, 0.1) is 5.21 Å². The average molecular weight is 194 g/mol. The predicted molar refractivity (Wildman–Crippen MR) is 52.4 cm³/mol. The fourth-order valence-electron chi connectivity index (χ4n) is 0.926. The first kappa shape index (κ1) is 10.5. The van der Waals surface area contributed by atoms with Gasteiger partial charge in [-0.1, -0.05) is 37.3 Å². The first-order chi connectivity index (χ1) is 6.83. The van der Waals surface area contributed by atoms with Crippen molar-refractivity contribution < 1.29 is 9.86 Å². The third kappa shape index (κ3) is 3.89. The summed E-state index contributed by atoms with van der Waals surface area (Å²) >= 11 is 0. The van der Waals surface area contributed by atoms with Gasteiger partial charge in [-0.2, -0.15) is 0 Å². The van der Waals surface area contributed by atoms with Gasteiger partial charge in [0.25, 0.3) is 0 Å². The van der Waals surface area contributed by atoms with Gasteiger partial charge in [-0.3, -0.25) is 0 Å². The second-order valence-electron chi connectivity index (χ2n) is 2.86. The zero-order chi connectivity index (χ0) is 10.2. The first-order valence-electron chi connectivity index (χ1n) is 4.64. The Bertz CT molecular complexity index is 285. The van der Waals surface area contributed by atoms with Crippen LogP contribution in [-0.2, 0) is 11.4 Å². The lowest BCUT2D eigenvalue weighted by Crippen LogP contribution is -2.03. The minimum atomic E-state index is 0.261. The molecule has 4 nitrogen and oxygen atoms in total. The summed E-state index contributed by atoms with van der Waals surface area (Å²) in [5.41, 5.74) is 0.958. The summed E-state index contributed by atoms with van der Waals surface area (Å²) in [7, 11) is 0. The molecule has 76 valence electrons. The smallest absolute Gasteiger partial charge is 0.169 e. The zero-order valence-corrected chi connectivity index (χ0v) is 8.22. The van der Waals surface area contributed by atoms with Gasteiger partial charge in [0, 0.05) is 5.11 Å². The second-order valence-corrected chi connectivity index (χ2v) is 2.86. The maximum absolute atomic E-state index is 10.9. The molecule has 1 rings (SSSR count). The molecule has 0 aromatic heterocycles. The Morgan fingerprint density at radius 1 is 1.36 bits per heavy atom. The Labute approximate surface area is 83.4 Å². The molecule has 0 aliphatic carbocycles. The van der Waals surface area contributed by atoms with Crippen molar-refractivity contribution >= 4 is 0 Å². The quantitative estimate of drug-likeness (QED) is 0.534. The van der Waals surface area contributed by atoms with Crippen LogP contribution in [0.5, 0.6) is 0 Å². The van der Waals surface area contributed by atoms with Crippen molar-refractivity contribution in [2.45, 2.75) is 20.0 Å². The van der Waals surface area contributed by atoms with Gasteiger partial charge in [-0.05, 0) is 12.0 Å². The molecule has 0 unspecified atom stereocenters. The molecule has 0 radical (unpaired) electrons. The fourth-order valence-corrected chi connectivity index (χ4v) is 0.926. The van der Waals surface area contributed by atoms with Crippen LogP contribution in [-0.4, -0.2) is 11.6 Å². The summed E-state index contributed by atoms with van der Waals surface area (Å²) < 4.78 is 0. The van der Waals surface area contributed by atoms with Gasteiger partial charge < -0.3 is 4.84 Å². The summed E-state index contributed by atoms with van der Waals surface area (Å²) in [5, 5.41) is 14.8. The van der Waals surface area contributed by atoms with Crippen LogP contribution in [0.1, 0.15) is 18.9 Å². The summed E-state index contributed by atoms with van der Waals surface area (Å²) in [6.07, 6.45) is 0.841. The highest BCUT2D eigenvalue weighted by Gasteiger charge is 1.94. The van der Waals surface area contributed by atoms with Gasteiger partial charge >= 0.3 is 0 Å². The van der Waals surface area contributed by atoms with Crippen LogP contribution < -0.4 is 0 Å². The van der Waals surface area contributed by atoms with E-state index in [0.717, 1.165) is 12.0 Å². The maximum Gasteiger partial charge on any atom is 0.169 e. The van der Waals surface area contributed by atoms with E-state index in [1.54, 1.807) is 0 Å². The van der Waals surface area contributed by atoms with Crippen LogP contribution in [0.3, 0.4) is 0 Å². The molecule has 1 aromatic carbocycles. The molecule has 0 aliphatic heterocycles. The van der Waals surface area contributed by atoms with Crippen molar-refractivity contribution in [3.05, 3.63) is 41.1 Å². The van der Waals surface area contributed by atoms with E-state index >= 15 is 0 Å². The van der Waals surface area contributed by atoms with Gasteiger partial charge in [0.2, 0.25) is 0 Å². The lowest BCUT2D eigenvalue weighted by atomic mass is 10.2. The summed E-state index contributed by atoms with van der Waals surface area (Å²) in [6.45, 7) is 2.71. The Morgan fingerprint density at radius 3 is 2.71 bits per heavy atom. The van der Waals surface area contributed by atoms with E-state index in [1.165, 1.54) is 0 Å². The van der Waals surface area contributed by atoms with Crippen LogP contribution in [0.2, 0.25) is 0 Å². The highest BCUT2D eigenvalue weighted by Crippen LogP contribution is 2.00. The van der Waals surface area contributed by atoms with Crippen molar-refractivity contribution in [3.8, 4) is 0 Å². The number of hydrogen-bond donors (Lipinski definition) is 0. The topological polar surface area (TPSA) is 47.7 Å². The zero-order valence-electron chi connectivity index (χ0n) is 8.22. The van der Waals surface area contributed by atoms with E-state index < -0.39 is 0 Å². The van der Waals surface area contributed by atoms with Gasteiger partial charge in [-0.25, -0.2) is 5.21 Å². The van der Waals surface area contributed by atoms with E-state index in [1.807, 2.05) is 37.3 Å². The van der Waals surface area contributed by atoms with Gasteiger partial charge in [0.15, 0.2) is 5.02 Å². The molecule has 14 heavy (non-hydrogen) atoms. The summed E-state index contributed by atoms with van der Waals surface area (Å²) in [5.74, 6) is 0. The molecule has 0 saturated heterocycles. The molecule has 0 spiro atoms. The number of hydrogen-bond acceptors (Lipinski definition) is 3. The highest BCUT2D eigenvalue weighted by molar-refractivity contribution is 5.13. The van der Waals surface area contributed by atoms with E-state index in [0.29, 0.717) is 6.54 Å². The molecule has 0 bridgehead atoms. The van der Waals surface area contributed by atoms with Crippen LogP contribution in [0.4, 0.5) is 0 Å². The molecular weight excluding hydrogens is 180 g/mol. The van der Waals surface area contributed by atoms with Crippen LogP contribution in [0.25, 0.3) is 0 Å².